The van der Waals surface area contributed by atoms with Crippen molar-refractivity contribution in [3.05, 3.63) is 0 Å². The third kappa shape index (κ3) is 13.6. The molecule has 0 saturated carbocycles. The van der Waals surface area contributed by atoms with Gasteiger partial charge in [-0.2, -0.15) is 0 Å². The van der Waals surface area contributed by atoms with Crippen LogP contribution in [0.5, 0.6) is 0 Å². The molecule has 1 unspecified atom stereocenters. The van der Waals surface area contributed by atoms with Gasteiger partial charge in [0.2, 0.25) is 0 Å². The lowest BCUT2D eigenvalue weighted by atomic mass is 9.99. The van der Waals surface area contributed by atoms with Crippen molar-refractivity contribution >= 4 is 7.85 Å². The molecule has 0 aliphatic rings. The number of hydrogen-bond donors (Lipinski definition) is 2. The minimum Gasteiger partial charge on any atom is -0.373 e. The summed E-state index contributed by atoms with van der Waals surface area (Å²) in [5, 5.41) is 6.63. The van der Waals surface area contributed by atoms with Gasteiger partial charge < -0.3 is 20.1 Å². The van der Waals surface area contributed by atoms with E-state index < -0.39 is 0 Å². The van der Waals surface area contributed by atoms with Gasteiger partial charge in [-0.05, 0) is 67.4 Å². The lowest BCUT2D eigenvalue weighted by Gasteiger charge is -2.33. The fourth-order valence-electron chi connectivity index (χ4n) is 1.84. The average molecular weight is 312 g/mol. The molecule has 0 spiro atoms. The second kappa shape index (κ2) is 9.26. The maximum absolute atomic E-state index is 6.08. The van der Waals surface area contributed by atoms with E-state index in [-0.39, 0.29) is 22.7 Å². The van der Waals surface area contributed by atoms with Gasteiger partial charge in [0.25, 0.3) is 0 Å². The van der Waals surface area contributed by atoms with Gasteiger partial charge in [-0.15, -0.1) is 0 Å². The smallest absolute Gasteiger partial charge is 0.0902 e. The molecule has 0 aromatic heterocycles. The van der Waals surface area contributed by atoms with E-state index in [0.29, 0.717) is 13.2 Å². The lowest BCUT2D eigenvalue weighted by molar-refractivity contribution is -0.121. The van der Waals surface area contributed by atoms with Gasteiger partial charge in [-0.3, -0.25) is 0 Å². The molecule has 2 radical (unpaired) electrons. The van der Waals surface area contributed by atoms with E-state index in [1.807, 2.05) is 6.92 Å². The van der Waals surface area contributed by atoms with Crippen LogP contribution in [0.4, 0.5) is 0 Å². The maximum atomic E-state index is 6.08. The van der Waals surface area contributed by atoms with Crippen LogP contribution in [0, 0.1) is 0 Å². The van der Waals surface area contributed by atoms with Crippen molar-refractivity contribution in [1.29, 1.82) is 0 Å². The molecule has 0 saturated heterocycles. The molecule has 130 valence electrons. The van der Waals surface area contributed by atoms with Crippen LogP contribution in [-0.4, -0.2) is 56.8 Å². The number of hydrogen-bond acceptors (Lipinski definition) is 4. The van der Waals surface area contributed by atoms with Crippen LogP contribution in [0.3, 0.4) is 0 Å². The zero-order valence-corrected chi connectivity index (χ0v) is 16.0. The predicted molar refractivity (Wildman–Crippen MR) is 95.7 cm³/mol. The van der Waals surface area contributed by atoms with Crippen LogP contribution in [-0.2, 0) is 9.47 Å². The number of rotatable bonds is 11. The van der Waals surface area contributed by atoms with E-state index in [2.05, 4.69) is 59.1 Å². The summed E-state index contributed by atoms with van der Waals surface area (Å²) in [4.78, 5) is 0. The minimum absolute atomic E-state index is 0.00258. The highest BCUT2D eigenvalue weighted by molar-refractivity contribution is 6.11. The first-order valence-electron chi connectivity index (χ1n) is 8.35. The minimum atomic E-state index is -0.297. The third-order valence-electron chi connectivity index (χ3n) is 3.25. The monoisotopic (exact) mass is 312 g/mol. The number of nitrogens with one attached hydrogen (secondary N) is 2. The Morgan fingerprint density at radius 3 is 2.00 bits per heavy atom. The molecular formula is C17H37BN2O2. The Morgan fingerprint density at radius 2 is 1.50 bits per heavy atom. The summed E-state index contributed by atoms with van der Waals surface area (Å²) in [6.07, 6.45) is 0.965. The molecular weight excluding hydrogens is 275 g/mol. The number of ether oxygens (including phenoxy) is 2. The topological polar surface area (TPSA) is 42.5 Å². The van der Waals surface area contributed by atoms with Crippen LogP contribution in [0.15, 0.2) is 0 Å². The summed E-state index contributed by atoms with van der Waals surface area (Å²) in [6.45, 7) is 19.7. The van der Waals surface area contributed by atoms with Gasteiger partial charge in [0.1, 0.15) is 0 Å². The molecule has 0 bridgehead atoms. The van der Waals surface area contributed by atoms with Gasteiger partial charge in [0, 0.05) is 12.1 Å². The van der Waals surface area contributed by atoms with E-state index in [0.717, 1.165) is 19.5 Å². The maximum Gasteiger partial charge on any atom is 0.0902 e. The molecule has 22 heavy (non-hydrogen) atoms. The summed E-state index contributed by atoms with van der Waals surface area (Å²) in [5.41, 5.74) is -0.317. The highest BCUT2D eigenvalue weighted by Gasteiger charge is 2.25. The van der Waals surface area contributed by atoms with Crippen molar-refractivity contribution in [3.63, 3.8) is 0 Å². The van der Waals surface area contributed by atoms with E-state index in [4.69, 9.17) is 17.3 Å². The molecule has 0 heterocycles. The molecule has 0 aliphatic carbocycles. The van der Waals surface area contributed by atoms with Crippen molar-refractivity contribution in [2.45, 2.75) is 84.5 Å². The molecule has 0 amide bonds. The zero-order chi connectivity index (χ0) is 17.4. The van der Waals surface area contributed by atoms with Crippen molar-refractivity contribution in [2.75, 3.05) is 26.3 Å². The quantitative estimate of drug-likeness (QED) is 0.454. The Balaban J connectivity index is 4.00. The molecule has 0 aromatic rings. The van der Waals surface area contributed by atoms with Crippen LogP contribution >= 0.6 is 0 Å². The second-order valence-corrected chi connectivity index (χ2v) is 8.33. The molecule has 2 N–H and O–H groups in total. The van der Waals surface area contributed by atoms with E-state index in [9.17, 15) is 0 Å². The van der Waals surface area contributed by atoms with Crippen LogP contribution < -0.4 is 10.6 Å². The molecule has 4 nitrogen and oxygen atoms in total. The van der Waals surface area contributed by atoms with Crippen molar-refractivity contribution in [3.8, 4) is 0 Å². The van der Waals surface area contributed by atoms with Crippen molar-refractivity contribution in [1.82, 2.24) is 10.6 Å². The highest BCUT2D eigenvalue weighted by atomic mass is 16.6. The largest absolute Gasteiger partial charge is 0.373 e. The van der Waals surface area contributed by atoms with Gasteiger partial charge in [0.15, 0.2) is 0 Å². The normalized spacial score (nSPS) is 15.1. The van der Waals surface area contributed by atoms with Gasteiger partial charge in [-0.1, -0.05) is 6.92 Å². The van der Waals surface area contributed by atoms with Crippen LogP contribution in [0.25, 0.3) is 0 Å². The summed E-state index contributed by atoms with van der Waals surface area (Å²) < 4.78 is 12.0. The fraction of sp³-hybridized carbons (Fsp3) is 1.00. The summed E-state index contributed by atoms with van der Waals surface area (Å²) in [6, 6.07) is 0. The van der Waals surface area contributed by atoms with Gasteiger partial charge in [-0.25, -0.2) is 0 Å². The van der Waals surface area contributed by atoms with Crippen molar-refractivity contribution < 1.29 is 9.47 Å². The van der Waals surface area contributed by atoms with Crippen molar-refractivity contribution in [2.24, 2.45) is 0 Å². The van der Waals surface area contributed by atoms with E-state index >= 15 is 0 Å². The fourth-order valence-corrected chi connectivity index (χ4v) is 1.84. The standard InChI is InChI=1S/C17H37BN2O2/c1-14(18)19-11-12-21-17(7,8)13-22-16(5,6)9-10-20-15(2,3)4/h14,19-20H,9-13H2,1-8H3. The second-order valence-electron chi connectivity index (χ2n) is 8.33. The van der Waals surface area contributed by atoms with E-state index in [1.54, 1.807) is 0 Å². The first-order chi connectivity index (χ1) is 9.83. The average Bonchev–Trinajstić information content (AvgIpc) is 2.31. The van der Waals surface area contributed by atoms with Gasteiger partial charge >= 0.3 is 0 Å². The highest BCUT2D eigenvalue weighted by Crippen LogP contribution is 2.19. The van der Waals surface area contributed by atoms with Crippen LogP contribution in [0.2, 0.25) is 0 Å². The Bertz CT molecular complexity index is 300. The Kier molecular flexibility index (Phi) is 9.22. The summed E-state index contributed by atoms with van der Waals surface area (Å²) in [7, 11) is 5.64. The van der Waals surface area contributed by atoms with Crippen LogP contribution in [0.1, 0.15) is 61.8 Å². The molecule has 0 aromatic carbocycles. The molecule has 0 aliphatic heterocycles. The first-order valence-corrected chi connectivity index (χ1v) is 8.35. The molecule has 0 rings (SSSR count). The predicted octanol–water partition coefficient (Wildman–Crippen LogP) is 2.46. The zero-order valence-electron chi connectivity index (χ0n) is 16.0. The Morgan fingerprint density at radius 1 is 0.909 bits per heavy atom. The Labute approximate surface area is 139 Å². The molecule has 5 heteroatoms. The summed E-state index contributed by atoms with van der Waals surface area (Å²) >= 11 is 0. The molecule has 1 atom stereocenters. The first kappa shape index (κ1) is 21.9. The Hall–Kier alpha value is -0.0951. The van der Waals surface area contributed by atoms with Gasteiger partial charge in [0.05, 0.1) is 32.3 Å². The SMILES string of the molecule is [B]C(C)NCCOC(C)(C)COC(C)(C)CCNC(C)(C)C. The third-order valence-corrected chi connectivity index (χ3v) is 3.25. The lowest BCUT2D eigenvalue weighted by Crippen LogP contribution is -2.42. The van der Waals surface area contributed by atoms with E-state index in [1.165, 1.54) is 0 Å². The molecule has 0 fully saturated rings. The summed E-state index contributed by atoms with van der Waals surface area (Å²) in [5.74, 6) is -0.00258.